The first-order valence-corrected chi connectivity index (χ1v) is 6.78. The van der Waals surface area contributed by atoms with Crippen molar-refractivity contribution in [2.75, 3.05) is 6.54 Å². The van der Waals surface area contributed by atoms with Crippen LogP contribution in [0.2, 0.25) is 0 Å². The van der Waals surface area contributed by atoms with E-state index in [4.69, 9.17) is 5.26 Å². The minimum atomic E-state index is 0.204. The van der Waals surface area contributed by atoms with E-state index in [1.165, 1.54) is 5.56 Å². The van der Waals surface area contributed by atoms with E-state index < -0.39 is 0 Å². The predicted molar refractivity (Wildman–Crippen MR) is 73.9 cm³/mol. The molecule has 0 spiro atoms. The average molecular weight is 242 g/mol. The molecule has 1 atom stereocenters. The highest BCUT2D eigenvalue weighted by molar-refractivity contribution is 5.15. The molecule has 96 valence electrons. The fourth-order valence-corrected chi connectivity index (χ4v) is 2.98. The quantitative estimate of drug-likeness (QED) is 0.810. The molecule has 0 saturated carbocycles. The van der Waals surface area contributed by atoms with Crippen LogP contribution in [0.5, 0.6) is 0 Å². The lowest BCUT2D eigenvalue weighted by Crippen LogP contribution is -2.49. The molecular weight excluding hydrogens is 220 g/mol. The van der Waals surface area contributed by atoms with Crippen molar-refractivity contribution in [3.8, 4) is 6.07 Å². The van der Waals surface area contributed by atoms with Gasteiger partial charge in [0.05, 0.1) is 6.07 Å². The molecule has 2 nitrogen and oxygen atoms in total. The Morgan fingerprint density at radius 1 is 1.33 bits per heavy atom. The lowest BCUT2D eigenvalue weighted by Gasteiger charge is -2.45. The lowest BCUT2D eigenvalue weighted by molar-refractivity contribution is 0.0407. The summed E-state index contributed by atoms with van der Waals surface area (Å²) in [5.74, 6) is 0.581. The maximum atomic E-state index is 8.83. The van der Waals surface area contributed by atoms with Gasteiger partial charge in [-0.25, -0.2) is 0 Å². The number of piperidine rings is 1. The molecule has 1 aliphatic heterocycles. The molecule has 1 unspecified atom stereocenters. The van der Waals surface area contributed by atoms with Crippen LogP contribution >= 0.6 is 0 Å². The Morgan fingerprint density at radius 2 is 2.06 bits per heavy atom. The number of likely N-dealkylation sites (tertiary alicyclic amines) is 1. The van der Waals surface area contributed by atoms with Crippen LogP contribution in [-0.4, -0.2) is 17.0 Å². The molecule has 0 bridgehead atoms. The number of rotatable bonds is 3. The monoisotopic (exact) mass is 242 g/mol. The largest absolute Gasteiger partial charge is 0.294 e. The van der Waals surface area contributed by atoms with Crippen LogP contribution in [0.3, 0.4) is 0 Å². The molecule has 1 saturated heterocycles. The maximum Gasteiger partial charge on any atom is 0.0624 e. The van der Waals surface area contributed by atoms with Gasteiger partial charge in [0.25, 0.3) is 0 Å². The smallest absolute Gasteiger partial charge is 0.0624 e. The third-order valence-corrected chi connectivity index (χ3v) is 4.05. The van der Waals surface area contributed by atoms with E-state index in [9.17, 15) is 0 Å². The van der Waals surface area contributed by atoms with Gasteiger partial charge in [0.15, 0.2) is 0 Å². The molecular formula is C16H22N2. The molecule has 1 aromatic rings. The second kappa shape index (κ2) is 5.54. The second-order valence-electron chi connectivity index (χ2n) is 5.94. The summed E-state index contributed by atoms with van der Waals surface area (Å²) < 4.78 is 0. The number of hydrogen-bond acceptors (Lipinski definition) is 2. The molecule has 0 radical (unpaired) electrons. The van der Waals surface area contributed by atoms with Crippen LogP contribution in [0.1, 0.15) is 38.7 Å². The van der Waals surface area contributed by atoms with Crippen molar-refractivity contribution < 1.29 is 0 Å². The van der Waals surface area contributed by atoms with Gasteiger partial charge >= 0.3 is 0 Å². The number of hydrogen-bond donors (Lipinski definition) is 0. The van der Waals surface area contributed by atoms with E-state index in [-0.39, 0.29) is 5.54 Å². The Hall–Kier alpha value is -1.33. The summed E-state index contributed by atoms with van der Waals surface area (Å²) in [6, 6.07) is 13.0. The van der Waals surface area contributed by atoms with Crippen molar-refractivity contribution in [2.45, 2.75) is 45.2 Å². The Morgan fingerprint density at radius 3 is 2.67 bits per heavy atom. The summed E-state index contributed by atoms with van der Waals surface area (Å²) in [5, 5.41) is 8.83. The maximum absolute atomic E-state index is 8.83. The minimum Gasteiger partial charge on any atom is -0.294 e. The highest BCUT2D eigenvalue weighted by Gasteiger charge is 2.34. The SMILES string of the molecule is CC1(C)CC(CC#N)CCN1Cc1ccccc1. The van der Waals surface area contributed by atoms with Gasteiger partial charge in [-0.05, 0) is 44.7 Å². The van der Waals surface area contributed by atoms with Crippen LogP contribution in [0.25, 0.3) is 0 Å². The average Bonchev–Trinajstić information content (AvgIpc) is 2.34. The van der Waals surface area contributed by atoms with E-state index >= 15 is 0 Å². The molecule has 1 heterocycles. The zero-order valence-corrected chi connectivity index (χ0v) is 11.4. The van der Waals surface area contributed by atoms with Crippen molar-refractivity contribution in [3.05, 3.63) is 35.9 Å². The van der Waals surface area contributed by atoms with E-state index in [0.29, 0.717) is 12.3 Å². The summed E-state index contributed by atoms with van der Waals surface area (Å²) in [5.41, 5.74) is 1.58. The third-order valence-electron chi connectivity index (χ3n) is 4.05. The summed E-state index contributed by atoms with van der Waals surface area (Å²) in [4.78, 5) is 2.55. The normalized spacial score (nSPS) is 23.5. The third kappa shape index (κ3) is 3.11. The van der Waals surface area contributed by atoms with Crippen LogP contribution in [-0.2, 0) is 6.54 Å². The van der Waals surface area contributed by atoms with Crippen molar-refractivity contribution in [2.24, 2.45) is 5.92 Å². The molecule has 1 aromatic carbocycles. The minimum absolute atomic E-state index is 0.204. The van der Waals surface area contributed by atoms with Gasteiger partial charge in [0, 0.05) is 18.5 Å². The number of benzene rings is 1. The Labute approximate surface area is 110 Å². The van der Waals surface area contributed by atoms with Crippen LogP contribution in [0, 0.1) is 17.2 Å². The number of nitrogens with zero attached hydrogens (tertiary/aromatic N) is 2. The van der Waals surface area contributed by atoms with E-state index in [0.717, 1.165) is 25.9 Å². The topological polar surface area (TPSA) is 27.0 Å². The fourth-order valence-electron chi connectivity index (χ4n) is 2.98. The molecule has 0 aliphatic carbocycles. The Balaban J connectivity index is 2.00. The molecule has 18 heavy (non-hydrogen) atoms. The Kier molecular flexibility index (Phi) is 4.04. The molecule has 2 rings (SSSR count). The van der Waals surface area contributed by atoms with Crippen molar-refractivity contribution >= 4 is 0 Å². The van der Waals surface area contributed by atoms with Gasteiger partial charge in [-0.3, -0.25) is 4.90 Å². The highest BCUT2D eigenvalue weighted by atomic mass is 15.2. The van der Waals surface area contributed by atoms with E-state index in [1.807, 2.05) is 0 Å². The fraction of sp³-hybridized carbons (Fsp3) is 0.562. The number of nitriles is 1. The van der Waals surface area contributed by atoms with E-state index in [1.54, 1.807) is 0 Å². The molecule has 0 aromatic heterocycles. The molecule has 0 amide bonds. The molecule has 1 aliphatic rings. The van der Waals surface area contributed by atoms with Crippen molar-refractivity contribution in [1.29, 1.82) is 5.26 Å². The van der Waals surface area contributed by atoms with E-state index in [2.05, 4.69) is 55.1 Å². The van der Waals surface area contributed by atoms with Crippen LogP contribution in [0.4, 0.5) is 0 Å². The Bertz CT molecular complexity index is 416. The summed E-state index contributed by atoms with van der Waals surface area (Å²) in [7, 11) is 0. The standard InChI is InChI=1S/C16H22N2/c1-16(2)12-14(8-10-17)9-11-18(16)13-15-6-4-3-5-7-15/h3-7,14H,8-9,11-13H2,1-2H3. The first kappa shape index (κ1) is 13.1. The van der Waals surface area contributed by atoms with Gasteiger partial charge in [0.2, 0.25) is 0 Å². The van der Waals surface area contributed by atoms with Gasteiger partial charge < -0.3 is 0 Å². The summed E-state index contributed by atoms with van der Waals surface area (Å²) >= 11 is 0. The molecule has 2 heteroatoms. The second-order valence-corrected chi connectivity index (χ2v) is 5.94. The first-order valence-electron chi connectivity index (χ1n) is 6.78. The summed E-state index contributed by atoms with van der Waals surface area (Å²) in [6.45, 7) is 6.74. The summed E-state index contributed by atoms with van der Waals surface area (Å²) in [6.07, 6.45) is 3.00. The van der Waals surface area contributed by atoms with Crippen molar-refractivity contribution in [3.63, 3.8) is 0 Å². The predicted octanol–water partition coefficient (Wildman–Crippen LogP) is 3.59. The van der Waals surface area contributed by atoms with Crippen LogP contribution in [0.15, 0.2) is 30.3 Å². The zero-order valence-electron chi connectivity index (χ0n) is 11.4. The van der Waals surface area contributed by atoms with Gasteiger partial charge in [-0.15, -0.1) is 0 Å². The zero-order chi connectivity index (χ0) is 13.0. The highest BCUT2D eigenvalue weighted by Crippen LogP contribution is 2.33. The van der Waals surface area contributed by atoms with Gasteiger partial charge in [-0.2, -0.15) is 5.26 Å². The van der Waals surface area contributed by atoms with Gasteiger partial charge in [0.1, 0.15) is 0 Å². The molecule has 1 fully saturated rings. The van der Waals surface area contributed by atoms with Gasteiger partial charge in [-0.1, -0.05) is 30.3 Å². The van der Waals surface area contributed by atoms with Crippen LogP contribution < -0.4 is 0 Å². The van der Waals surface area contributed by atoms with Crippen molar-refractivity contribution in [1.82, 2.24) is 4.90 Å². The first-order chi connectivity index (χ1) is 8.62. The lowest BCUT2D eigenvalue weighted by atomic mass is 9.81. The molecule has 0 N–H and O–H groups in total.